The number of piperidine rings is 1. The number of urea groups is 1. The average Bonchev–Trinajstić information content (AvgIpc) is 2.73. The van der Waals surface area contributed by atoms with E-state index >= 15 is 0 Å². The van der Waals surface area contributed by atoms with Crippen LogP contribution in [0.5, 0.6) is 5.75 Å². The molecule has 0 bridgehead atoms. The Hall–Kier alpha value is -3.32. The van der Waals surface area contributed by atoms with Gasteiger partial charge in [-0.3, -0.25) is 9.59 Å². The number of amides is 4. The second-order valence-electron chi connectivity index (χ2n) is 7.61. The van der Waals surface area contributed by atoms with Gasteiger partial charge >= 0.3 is 12.4 Å². The Morgan fingerprint density at radius 2 is 1.82 bits per heavy atom. The molecule has 1 aromatic carbocycles. The van der Waals surface area contributed by atoms with Crippen LogP contribution in [0.3, 0.4) is 0 Å². The number of carbonyl (C=O) groups excluding carboxylic acids is 3. The van der Waals surface area contributed by atoms with Crippen molar-refractivity contribution in [3.05, 3.63) is 35.9 Å². The molecular formula is C20H23F3N4O6. The third-order valence-electron chi connectivity index (χ3n) is 5.10. The number of nitrogens with one attached hydrogen (secondary N) is 4. The quantitative estimate of drug-likeness (QED) is 0.368. The normalized spacial score (nSPS) is 25.4. The lowest BCUT2D eigenvalue weighted by atomic mass is 9.89. The first-order chi connectivity index (χ1) is 15.5. The molecule has 6 N–H and O–H groups in total. The van der Waals surface area contributed by atoms with E-state index in [1.165, 1.54) is 18.2 Å². The Morgan fingerprint density at radius 1 is 1.12 bits per heavy atom. The Kier molecular flexibility index (Phi) is 7.43. The molecule has 0 aromatic heterocycles. The molecule has 1 heterocycles. The number of ether oxygens (including phenoxy) is 1. The summed E-state index contributed by atoms with van der Waals surface area (Å²) in [5, 5.41) is 30.3. The summed E-state index contributed by atoms with van der Waals surface area (Å²) in [6.45, 7) is 0.526. The number of hydrogen-bond donors (Lipinski definition) is 6. The molecule has 1 fully saturated rings. The summed E-state index contributed by atoms with van der Waals surface area (Å²) in [5.74, 6) is -1.38. The van der Waals surface area contributed by atoms with Crippen LogP contribution in [0.1, 0.15) is 19.3 Å². The smallest absolute Gasteiger partial charge is 0.406 e. The van der Waals surface area contributed by atoms with Crippen LogP contribution < -0.4 is 26.0 Å². The largest absolute Gasteiger partial charge is 0.573 e. The molecule has 1 aliphatic carbocycles. The minimum Gasteiger partial charge on any atom is -0.406 e. The van der Waals surface area contributed by atoms with E-state index < -0.39 is 48.3 Å². The fraction of sp³-hybridized carbons (Fsp3) is 0.450. The first-order valence-corrected chi connectivity index (χ1v) is 10.1. The number of alkyl halides is 3. The lowest BCUT2D eigenvalue weighted by Crippen LogP contribution is -2.54. The van der Waals surface area contributed by atoms with Crippen LogP contribution in [0.4, 0.5) is 23.7 Å². The van der Waals surface area contributed by atoms with Crippen LogP contribution in [0, 0.1) is 0 Å². The highest BCUT2D eigenvalue weighted by Crippen LogP contribution is 2.24. The zero-order valence-electron chi connectivity index (χ0n) is 17.2. The summed E-state index contributed by atoms with van der Waals surface area (Å²) in [6, 6.07) is 1.68. The second-order valence-corrected chi connectivity index (χ2v) is 7.61. The van der Waals surface area contributed by atoms with Crippen LogP contribution in [-0.4, -0.2) is 65.3 Å². The molecule has 1 aliphatic heterocycles. The van der Waals surface area contributed by atoms with Gasteiger partial charge in [0.1, 0.15) is 17.9 Å². The first kappa shape index (κ1) is 24.3. The van der Waals surface area contributed by atoms with Gasteiger partial charge in [0.15, 0.2) is 0 Å². The van der Waals surface area contributed by atoms with Crippen LogP contribution >= 0.6 is 0 Å². The molecule has 3 rings (SSSR count). The predicted octanol–water partition coefficient (Wildman–Crippen LogP) is 0.522. The molecule has 33 heavy (non-hydrogen) atoms. The van der Waals surface area contributed by atoms with Crippen molar-refractivity contribution in [2.24, 2.45) is 0 Å². The Balaban J connectivity index is 1.61. The third-order valence-corrected chi connectivity index (χ3v) is 5.10. The Morgan fingerprint density at radius 3 is 2.45 bits per heavy atom. The van der Waals surface area contributed by atoms with Crippen molar-refractivity contribution in [1.82, 2.24) is 16.0 Å². The highest BCUT2D eigenvalue weighted by molar-refractivity contribution is 5.97. The highest BCUT2D eigenvalue weighted by atomic mass is 19.4. The minimum absolute atomic E-state index is 0.0881. The van der Waals surface area contributed by atoms with Gasteiger partial charge in [-0.1, -0.05) is 6.08 Å². The van der Waals surface area contributed by atoms with Gasteiger partial charge < -0.3 is 36.2 Å². The van der Waals surface area contributed by atoms with E-state index in [1.54, 1.807) is 0 Å². The maximum atomic E-state index is 12.5. The van der Waals surface area contributed by atoms with E-state index in [0.717, 1.165) is 12.1 Å². The molecule has 13 heteroatoms. The van der Waals surface area contributed by atoms with E-state index in [4.69, 9.17) is 0 Å². The molecule has 0 saturated carbocycles. The number of anilines is 1. The van der Waals surface area contributed by atoms with Gasteiger partial charge in [0.2, 0.25) is 11.8 Å². The van der Waals surface area contributed by atoms with Crippen molar-refractivity contribution >= 4 is 23.5 Å². The molecule has 2 aliphatic rings. The van der Waals surface area contributed by atoms with Crippen LogP contribution in [0.2, 0.25) is 0 Å². The minimum atomic E-state index is -4.85. The summed E-state index contributed by atoms with van der Waals surface area (Å²) in [7, 11) is 0. The van der Waals surface area contributed by atoms with Crippen molar-refractivity contribution in [1.29, 1.82) is 0 Å². The zero-order chi connectivity index (χ0) is 24.2. The van der Waals surface area contributed by atoms with Gasteiger partial charge in [-0.15, -0.1) is 13.2 Å². The summed E-state index contributed by atoms with van der Waals surface area (Å²) in [6.07, 6.45) is -5.33. The zero-order valence-corrected chi connectivity index (χ0v) is 17.2. The lowest BCUT2D eigenvalue weighted by molar-refractivity contribution is -0.274. The predicted molar refractivity (Wildman–Crippen MR) is 108 cm³/mol. The third kappa shape index (κ3) is 6.83. The summed E-state index contributed by atoms with van der Waals surface area (Å²) in [5.41, 5.74) is 0.225. The molecule has 10 nitrogen and oxygen atoms in total. The number of aliphatic hydroxyl groups is 2. The maximum Gasteiger partial charge on any atom is 0.573 e. The molecule has 1 aromatic rings. The topological polar surface area (TPSA) is 149 Å². The molecule has 0 radical (unpaired) electrons. The lowest BCUT2D eigenvalue weighted by Gasteiger charge is -2.31. The van der Waals surface area contributed by atoms with Gasteiger partial charge in [0.25, 0.3) is 0 Å². The summed E-state index contributed by atoms with van der Waals surface area (Å²) in [4.78, 5) is 36.7. The monoisotopic (exact) mass is 472 g/mol. The molecule has 0 spiro atoms. The number of hydrogen-bond acceptors (Lipinski definition) is 6. The van der Waals surface area contributed by atoms with E-state index in [1.807, 2.05) is 0 Å². The number of aliphatic hydroxyl groups excluding tert-OH is 2. The molecule has 0 unspecified atom stereocenters. The van der Waals surface area contributed by atoms with Gasteiger partial charge in [-0.25, -0.2) is 4.79 Å². The van der Waals surface area contributed by atoms with E-state index in [2.05, 4.69) is 26.0 Å². The number of benzene rings is 1. The van der Waals surface area contributed by atoms with Gasteiger partial charge in [0.05, 0.1) is 12.1 Å². The van der Waals surface area contributed by atoms with Gasteiger partial charge in [0, 0.05) is 24.2 Å². The molecule has 180 valence electrons. The van der Waals surface area contributed by atoms with Crippen molar-refractivity contribution in [3.63, 3.8) is 0 Å². The van der Waals surface area contributed by atoms with Gasteiger partial charge in [-0.05, 0) is 37.1 Å². The number of carbonyl (C=O) groups is 3. The summed E-state index contributed by atoms with van der Waals surface area (Å²) < 4.78 is 40.4. The standard InChI is InChI=1S/C20H23F3N4O6/c21-20(22,23)33-12-5-3-11(4-6-12)25-19(32)27-14-8-10(9-15(28)16(14)29)17(30)26-13-2-1-7-24-18(13)31/h3-6,8,13-16,28-29H,1-2,7,9H2,(H,24,31)(H,26,30)(H2,25,27,32)/t13-,14+,15+,16+/m0/s1. The fourth-order valence-corrected chi connectivity index (χ4v) is 3.48. The second kappa shape index (κ2) is 10.1. The average molecular weight is 472 g/mol. The Labute approximate surface area is 186 Å². The van der Waals surface area contributed by atoms with Crippen LogP contribution in [0.25, 0.3) is 0 Å². The van der Waals surface area contributed by atoms with Crippen molar-refractivity contribution in [3.8, 4) is 5.75 Å². The first-order valence-electron chi connectivity index (χ1n) is 10.1. The fourth-order valence-electron chi connectivity index (χ4n) is 3.48. The Bertz CT molecular complexity index is 921. The number of halogens is 3. The van der Waals surface area contributed by atoms with Crippen molar-refractivity contribution in [2.75, 3.05) is 11.9 Å². The molecule has 4 atom stereocenters. The van der Waals surface area contributed by atoms with E-state index in [0.29, 0.717) is 19.4 Å². The summed E-state index contributed by atoms with van der Waals surface area (Å²) >= 11 is 0. The van der Waals surface area contributed by atoms with E-state index in [-0.39, 0.29) is 23.6 Å². The van der Waals surface area contributed by atoms with Crippen LogP contribution in [-0.2, 0) is 9.59 Å². The highest BCUT2D eigenvalue weighted by Gasteiger charge is 2.35. The molecule has 4 amide bonds. The molecular weight excluding hydrogens is 449 g/mol. The van der Waals surface area contributed by atoms with Crippen molar-refractivity contribution < 1.29 is 42.5 Å². The molecule has 1 saturated heterocycles. The maximum absolute atomic E-state index is 12.5. The van der Waals surface area contributed by atoms with Gasteiger partial charge in [-0.2, -0.15) is 0 Å². The number of rotatable bonds is 5. The van der Waals surface area contributed by atoms with E-state index in [9.17, 15) is 37.8 Å². The van der Waals surface area contributed by atoms with Crippen molar-refractivity contribution in [2.45, 2.75) is 49.9 Å². The SMILES string of the molecule is O=C(Nc1ccc(OC(F)(F)F)cc1)N[C@@H]1C=C(C(=O)N[C@H]2CCCNC2=O)C[C@@H](O)[C@@H]1O. The van der Waals surface area contributed by atoms with Crippen LogP contribution in [0.15, 0.2) is 35.9 Å².